The van der Waals surface area contributed by atoms with Gasteiger partial charge in [-0.2, -0.15) is 0 Å². The Morgan fingerprint density at radius 2 is 1.88 bits per heavy atom. The number of anilines is 1. The molecule has 0 unspecified atom stereocenters. The topological polar surface area (TPSA) is 77.2 Å². The van der Waals surface area contributed by atoms with Gasteiger partial charge < -0.3 is 15.8 Å². The van der Waals surface area contributed by atoms with Gasteiger partial charge in [0.15, 0.2) is 0 Å². The van der Waals surface area contributed by atoms with Gasteiger partial charge in [0.2, 0.25) is 0 Å². The maximum atomic E-state index is 13.2. The fourth-order valence-corrected chi connectivity index (χ4v) is 2.43. The van der Waals surface area contributed by atoms with E-state index in [0.717, 1.165) is 11.1 Å². The Morgan fingerprint density at radius 1 is 1.08 bits per heavy atom. The van der Waals surface area contributed by atoms with Crippen LogP contribution in [0.25, 0.3) is 0 Å². The highest BCUT2D eigenvalue weighted by atomic mass is 19.1. The van der Waals surface area contributed by atoms with Crippen LogP contribution in [0.5, 0.6) is 5.75 Å². The number of halogens is 1. The van der Waals surface area contributed by atoms with E-state index in [0.29, 0.717) is 17.9 Å². The Balaban J connectivity index is 1.59. The van der Waals surface area contributed by atoms with Crippen molar-refractivity contribution in [2.24, 2.45) is 0 Å². The zero-order valence-corrected chi connectivity index (χ0v) is 14.0. The van der Waals surface area contributed by atoms with Gasteiger partial charge in [0.1, 0.15) is 24.0 Å². The summed E-state index contributed by atoms with van der Waals surface area (Å²) >= 11 is 0. The standard InChI is InChI=1S/C20H18FN3O2/c21-16-6-1-5-15(10-16)13-26-17-7-2-4-14(11-17)12-24-20(25)18-8-3-9-23-19(18)22/h1-11H,12-13H2,(H2,22,23)(H,24,25). The first-order valence-corrected chi connectivity index (χ1v) is 8.07. The van der Waals surface area contributed by atoms with E-state index in [2.05, 4.69) is 10.3 Å². The molecule has 0 spiro atoms. The molecule has 3 aromatic rings. The van der Waals surface area contributed by atoms with Crippen molar-refractivity contribution in [1.29, 1.82) is 0 Å². The van der Waals surface area contributed by atoms with Gasteiger partial charge in [-0.25, -0.2) is 9.37 Å². The molecule has 0 aliphatic rings. The number of pyridine rings is 1. The lowest BCUT2D eigenvalue weighted by atomic mass is 10.2. The third-order valence-corrected chi connectivity index (χ3v) is 3.73. The minimum atomic E-state index is -0.294. The van der Waals surface area contributed by atoms with Crippen LogP contribution in [0.1, 0.15) is 21.5 Å². The van der Waals surface area contributed by atoms with Crippen LogP contribution >= 0.6 is 0 Å². The van der Waals surface area contributed by atoms with Gasteiger partial charge >= 0.3 is 0 Å². The number of nitrogens with one attached hydrogen (secondary N) is 1. The molecule has 0 fully saturated rings. The molecule has 0 saturated carbocycles. The number of carbonyl (C=O) groups excluding carboxylic acids is 1. The summed E-state index contributed by atoms with van der Waals surface area (Å²) in [5, 5.41) is 2.80. The monoisotopic (exact) mass is 351 g/mol. The Morgan fingerprint density at radius 3 is 2.69 bits per heavy atom. The van der Waals surface area contributed by atoms with Crippen LogP contribution in [0.3, 0.4) is 0 Å². The van der Waals surface area contributed by atoms with Crippen LogP contribution < -0.4 is 15.8 Å². The SMILES string of the molecule is Nc1ncccc1C(=O)NCc1cccc(OCc2cccc(F)c2)c1. The summed E-state index contributed by atoms with van der Waals surface area (Å²) in [6.07, 6.45) is 1.53. The summed E-state index contributed by atoms with van der Waals surface area (Å²) < 4.78 is 18.9. The molecule has 0 radical (unpaired) electrons. The van der Waals surface area contributed by atoms with Crippen molar-refractivity contribution in [2.75, 3.05) is 5.73 Å². The van der Waals surface area contributed by atoms with E-state index in [1.165, 1.54) is 18.3 Å². The van der Waals surface area contributed by atoms with E-state index in [-0.39, 0.29) is 24.1 Å². The fraction of sp³-hybridized carbons (Fsp3) is 0.100. The molecule has 2 aromatic carbocycles. The molecule has 132 valence electrons. The van der Waals surface area contributed by atoms with Crippen LogP contribution in [-0.2, 0) is 13.2 Å². The first-order chi connectivity index (χ1) is 12.6. The maximum Gasteiger partial charge on any atom is 0.255 e. The smallest absolute Gasteiger partial charge is 0.255 e. The number of aromatic nitrogens is 1. The molecule has 3 N–H and O–H groups in total. The zero-order valence-electron chi connectivity index (χ0n) is 14.0. The minimum absolute atomic E-state index is 0.192. The van der Waals surface area contributed by atoms with Crippen LogP contribution in [-0.4, -0.2) is 10.9 Å². The number of carbonyl (C=O) groups is 1. The molecule has 0 saturated heterocycles. The Bertz CT molecular complexity index is 915. The lowest BCUT2D eigenvalue weighted by Crippen LogP contribution is -2.24. The quantitative estimate of drug-likeness (QED) is 0.714. The largest absolute Gasteiger partial charge is 0.489 e. The van der Waals surface area contributed by atoms with Crippen molar-refractivity contribution < 1.29 is 13.9 Å². The number of ether oxygens (including phenoxy) is 1. The van der Waals surface area contributed by atoms with Gasteiger partial charge in [0, 0.05) is 12.7 Å². The van der Waals surface area contributed by atoms with Crippen molar-refractivity contribution >= 4 is 11.7 Å². The second-order valence-corrected chi connectivity index (χ2v) is 5.68. The van der Waals surface area contributed by atoms with Gasteiger partial charge in [0.05, 0.1) is 5.56 Å². The highest BCUT2D eigenvalue weighted by molar-refractivity contribution is 5.98. The summed E-state index contributed by atoms with van der Waals surface area (Å²) in [5.41, 5.74) is 7.66. The highest BCUT2D eigenvalue weighted by Crippen LogP contribution is 2.16. The van der Waals surface area contributed by atoms with E-state index in [9.17, 15) is 9.18 Å². The third-order valence-electron chi connectivity index (χ3n) is 3.73. The first kappa shape index (κ1) is 17.4. The molecule has 26 heavy (non-hydrogen) atoms. The molecule has 3 rings (SSSR count). The van der Waals surface area contributed by atoms with E-state index < -0.39 is 0 Å². The molecule has 6 heteroatoms. The van der Waals surface area contributed by atoms with E-state index in [4.69, 9.17) is 10.5 Å². The molecular formula is C20H18FN3O2. The van der Waals surface area contributed by atoms with Crippen molar-refractivity contribution in [3.05, 3.63) is 89.4 Å². The zero-order chi connectivity index (χ0) is 18.4. The summed E-state index contributed by atoms with van der Waals surface area (Å²) in [5.74, 6) is 0.248. The summed E-state index contributed by atoms with van der Waals surface area (Å²) in [4.78, 5) is 16.1. The normalized spacial score (nSPS) is 10.3. The van der Waals surface area contributed by atoms with Gasteiger partial charge in [-0.3, -0.25) is 4.79 Å². The van der Waals surface area contributed by atoms with Crippen LogP contribution in [0.4, 0.5) is 10.2 Å². The number of nitrogens with zero attached hydrogens (tertiary/aromatic N) is 1. The van der Waals surface area contributed by atoms with Crippen molar-refractivity contribution in [3.63, 3.8) is 0 Å². The van der Waals surface area contributed by atoms with Gasteiger partial charge in [0.25, 0.3) is 5.91 Å². The van der Waals surface area contributed by atoms with Crippen molar-refractivity contribution in [3.8, 4) is 5.75 Å². The summed E-state index contributed by atoms with van der Waals surface area (Å²) in [6, 6.07) is 16.9. The lowest BCUT2D eigenvalue weighted by Gasteiger charge is -2.10. The number of nitrogen functional groups attached to an aromatic ring is 1. The number of rotatable bonds is 6. The van der Waals surface area contributed by atoms with Crippen molar-refractivity contribution in [2.45, 2.75) is 13.2 Å². The van der Waals surface area contributed by atoms with Crippen LogP contribution in [0.2, 0.25) is 0 Å². The molecule has 1 amide bonds. The molecule has 5 nitrogen and oxygen atoms in total. The second-order valence-electron chi connectivity index (χ2n) is 5.68. The Labute approximate surface area is 150 Å². The number of hydrogen-bond donors (Lipinski definition) is 2. The summed E-state index contributed by atoms with van der Waals surface area (Å²) in [6.45, 7) is 0.587. The summed E-state index contributed by atoms with van der Waals surface area (Å²) in [7, 11) is 0. The van der Waals surface area contributed by atoms with Gasteiger partial charge in [-0.1, -0.05) is 24.3 Å². The minimum Gasteiger partial charge on any atom is -0.489 e. The molecule has 1 heterocycles. The molecule has 0 bridgehead atoms. The van der Waals surface area contributed by atoms with E-state index >= 15 is 0 Å². The lowest BCUT2D eigenvalue weighted by molar-refractivity contribution is 0.0951. The average Bonchev–Trinajstić information content (AvgIpc) is 2.65. The molecule has 0 atom stereocenters. The average molecular weight is 351 g/mol. The molecular weight excluding hydrogens is 333 g/mol. The van der Waals surface area contributed by atoms with E-state index in [1.54, 1.807) is 24.3 Å². The van der Waals surface area contributed by atoms with E-state index in [1.807, 2.05) is 24.3 Å². The Kier molecular flexibility index (Phi) is 5.43. The van der Waals surface area contributed by atoms with Gasteiger partial charge in [-0.15, -0.1) is 0 Å². The first-order valence-electron chi connectivity index (χ1n) is 8.07. The second kappa shape index (κ2) is 8.11. The number of amides is 1. The Hall–Kier alpha value is -3.41. The predicted molar refractivity (Wildman–Crippen MR) is 97.0 cm³/mol. The van der Waals surface area contributed by atoms with Crippen LogP contribution in [0, 0.1) is 5.82 Å². The number of hydrogen-bond acceptors (Lipinski definition) is 4. The van der Waals surface area contributed by atoms with Gasteiger partial charge in [-0.05, 0) is 47.5 Å². The fourth-order valence-electron chi connectivity index (χ4n) is 2.43. The predicted octanol–water partition coefficient (Wildman–Crippen LogP) is 3.31. The molecule has 1 aromatic heterocycles. The van der Waals surface area contributed by atoms with Crippen molar-refractivity contribution in [1.82, 2.24) is 10.3 Å². The number of benzene rings is 2. The highest BCUT2D eigenvalue weighted by Gasteiger charge is 2.09. The number of nitrogens with two attached hydrogens (primary N) is 1. The molecule has 0 aliphatic carbocycles. The maximum absolute atomic E-state index is 13.2. The van der Waals surface area contributed by atoms with Crippen LogP contribution in [0.15, 0.2) is 66.9 Å². The third kappa shape index (κ3) is 4.57. The molecule has 0 aliphatic heterocycles.